The summed E-state index contributed by atoms with van der Waals surface area (Å²) < 4.78 is 30.9. The summed E-state index contributed by atoms with van der Waals surface area (Å²) in [4.78, 5) is 25.5. The number of carboxylic acid groups (broad SMARTS) is 1. The standard InChI is InChI=1S/C27H33NO6S/c1-34-24-11-5-4-10-22(24)20-14-12-19(13-15-20)18-23(25(29)30)28-26(31)27(16-6-7-17-27)35(32,33)21-8-2-3-9-21/h4-5,10-15,21,23H,2-3,6-9,16-18H2,1H3,(H,28,31)(H,29,30)/t23-/m0/s1. The SMILES string of the molecule is COc1ccccc1-c1ccc(C[C@H](NC(=O)C2(S(=O)(=O)C3CCCC3)CCCC2)C(=O)O)cc1. The number of benzene rings is 2. The molecule has 0 spiro atoms. The lowest BCUT2D eigenvalue weighted by atomic mass is 9.99. The maximum atomic E-state index is 13.5. The fourth-order valence-corrected chi connectivity index (χ4v) is 8.30. The third kappa shape index (κ3) is 4.94. The van der Waals surface area contributed by atoms with E-state index in [1.807, 2.05) is 48.5 Å². The third-order valence-electron chi connectivity index (χ3n) is 7.53. The largest absolute Gasteiger partial charge is 0.496 e. The highest BCUT2D eigenvalue weighted by Crippen LogP contribution is 2.43. The monoisotopic (exact) mass is 499 g/mol. The van der Waals surface area contributed by atoms with E-state index in [4.69, 9.17) is 4.74 Å². The van der Waals surface area contributed by atoms with Crippen molar-refractivity contribution in [1.82, 2.24) is 5.32 Å². The predicted octanol–water partition coefficient (Wildman–Crippen LogP) is 4.14. The van der Waals surface area contributed by atoms with E-state index in [1.54, 1.807) is 7.11 Å². The zero-order chi connectivity index (χ0) is 25.1. The number of ether oxygens (including phenoxy) is 1. The van der Waals surface area contributed by atoms with Crippen molar-refractivity contribution >= 4 is 21.7 Å². The van der Waals surface area contributed by atoms with Crippen LogP contribution in [0.25, 0.3) is 11.1 Å². The van der Waals surface area contributed by atoms with E-state index >= 15 is 0 Å². The summed E-state index contributed by atoms with van der Waals surface area (Å²) in [6.07, 6.45) is 4.76. The van der Waals surface area contributed by atoms with E-state index in [1.165, 1.54) is 0 Å². The summed E-state index contributed by atoms with van der Waals surface area (Å²) in [6, 6.07) is 13.8. The molecule has 8 heteroatoms. The van der Waals surface area contributed by atoms with Gasteiger partial charge in [-0.3, -0.25) is 4.79 Å². The van der Waals surface area contributed by atoms with Crippen molar-refractivity contribution < 1.29 is 27.9 Å². The minimum absolute atomic E-state index is 0.0623. The van der Waals surface area contributed by atoms with E-state index in [9.17, 15) is 23.1 Å². The van der Waals surface area contributed by atoms with Gasteiger partial charge in [-0.1, -0.05) is 68.1 Å². The summed E-state index contributed by atoms with van der Waals surface area (Å²) in [5, 5.41) is 11.9. The van der Waals surface area contributed by atoms with Crippen molar-refractivity contribution in [2.24, 2.45) is 0 Å². The molecule has 2 N–H and O–H groups in total. The van der Waals surface area contributed by atoms with Crippen LogP contribution in [0, 0.1) is 0 Å². The Balaban J connectivity index is 1.52. The fraction of sp³-hybridized carbons (Fsp3) is 0.481. The molecule has 2 aliphatic rings. The van der Waals surface area contributed by atoms with Crippen molar-refractivity contribution in [2.75, 3.05) is 7.11 Å². The number of hydrogen-bond donors (Lipinski definition) is 2. The van der Waals surface area contributed by atoms with Gasteiger partial charge < -0.3 is 15.2 Å². The van der Waals surface area contributed by atoms with Crippen LogP contribution in [-0.2, 0) is 25.8 Å². The molecule has 0 aliphatic heterocycles. The van der Waals surface area contributed by atoms with Gasteiger partial charge in [0, 0.05) is 12.0 Å². The van der Waals surface area contributed by atoms with Crippen LogP contribution in [0.4, 0.5) is 0 Å². The lowest BCUT2D eigenvalue weighted by Crippen LogP contribution is -2.57. The van der Waals surface area contributed by atoms with Gasteiger partial charge in [-0.25, -0.2) is 13.2 Å². The maximum absolute atomic E-state index is 13.5. The fourth-order valence-electron chi connectivity index (χ4n) is 5.53. The van der Waals surface area contributed by atoms with E-state index in [0.29, 0.717) is 25.7 Å². The highest BCUT2D eigenvalue weighted by Gasteiger charge is 2.55. The molecule has 2 fully saturated rings. The summed E-state index contributed by atoms with van der Waals surface area (Å²) in [6.45, 7) is 0. The molecule has 0 radical (unpaired) electrons. The number of carbonyl (C=O) groups is 2. The van der Waals surface area contributed by atoms with Gasteiger partial charge in [-0.2, -0.15) is 0 Å². The molecular formula is C27H33NO6S. The normalized spacial score (nSPS) is 18.8. The number of nitrogens with one attached hydrogen (secondary N) is 1. The number of carboxylic acids is 1. The van der Waals surface area contributed by atoms with Gasteiger partial charge >= 0.3 is 5.97 Å². The summed E-state index contributed by atoms with van der Waals surface area (Å²) in [7, 11) is -2.09. The van der Waals surface area contributed by atoms with Gasteiger partial charge in [0.05, 0.1) is 12.4 Å². The number of aliphatic carboxylic acids is 1. The predicted molar refractivity (Wildman–Crippen MR) is 134 cm³/mol. The van der Waals surface area contributed by atoms with Crippen molar-refractivity contribution in [3.63, 3.8) is 0 Å². The Labute approximate surface area is 206 Å². The number of hydrogen-bond acceptors (Lipinski definition) is 5. The molecule has 2 aliphatic carbocycles. The average Bonchev–Trinajstić information content (AvgIpc) is 3.58. The Kier molecular flexibility index (Phi) is 7.50. The lowest BCUT2D eigenvalue weighted by molar-refractivity contribution is -0.142. The zero-order valence-electron chi connectivity index (χ0n) is 20.0. The smallest absolute Gasteiger partial charge is 0.326 e. The highest BCUT2D eigenvalue weighted by atomic mass is 32.2. The zero-order valence-corrected chi connectivity index (χ0v) is 20.9. The summed E-state index contributed by atoms with van der Waals surface area (Å²) in [5.41, 5.74) is 2.58. The quantitative estimate of drug-likeness (QED) is 0.537. The van der Waals surface area contributed by atoms with Crippen molar-refractivity contribution in [1.29, 1.82) is 0 Å². The van der Waals surface area contributed by atoms with Crippen molar-refractivity contribution in [2.45, 2.75) is 73.8 Å². The molecule has 1 amide bonds. The first-order valence-corrected chi connectivity index (χ1v) is 13.8. The van der Waals surface area contributed by atoms with Gasteiger partial charge in [0.25, 0.3) is 0 Å². The first kappa shape index (κ1) is 25.2. The highest BCUT2D eigenvalue weighted by molar-refractivity contribution is 7.94. The van der Waals surface area contributed by atoms with Crippen molar-refractivity contribution in [3.8, 4) is 16.9 Å². The number of amides is 1. The molecule has 2 saturated carbocycles. The Morgan fingerprint density at radius 3 is 2.26 bits per heavy atom. The van der Waals surface area contributed by atoms with Gasteiger partial charge in [0.15, 0.2) is 14.6 Å². The maximum Gasteiger partial charge on any atom is 0.326 e. The Bertz CT molecular complexity index is 1160. The topological polar surface area (TPSA) is 110 Å². The number of para-hydroxylation sites is 1. The third-order valence-corrected chi connectivity index (χ3v) is 10.6. The van der Waals surface area contributed by atoms with Crippen LogP contribution in [0.15, 0.2) is 48.5 Å². The Hall–Kier alpha value is -2.87. The number of carbonyl (C=O) groups excluding carboxylic acids is 1. The minimum atomic E-state index is -3.70. The van der Waals surface area contributed by atoms with E-state index in [-0.39, 0.29) is 19.3 Å². The van der Waals surface area contributed by atoms with Crippen molar-refractivity contribution in [3.05, 3.63) is 54.1 Å². The summed E-state index contributed by atoms with van der Waals surface area (Å²) >= 11 is 0. The van der Waals surface area contributed by atoms with Gasteiger partial charge in [-0.15, -0.1) is 0 Å². The second-order valence-electron chi connectivity index (χ2n) is 9.62. The van der Waals surface area contributed by atoms with E-state index in [2.05, 4.69) is 5.32 Å². The lowest BCUT2D eigenvalue weighted by Gasteiger charge is -2.31. The van der Waals surface area contributed by atoms with Crippen LogP contribution in [0.3, 0.4) is 0 Å². The molecule has 0 heterocycles. The molecule has 2 aromatic carbocycles. The first-order chi connectivity index (χ1) is 16.8. The molecule has 1 atom stereocenters. The van der Waals surface area contributed by atoms with Crippen LogP contribution in [0.5, 0.6) is 5.75 Å². The molecule has 0 unspecified atom stereocenters. The molecule has 4 rings (SSSR count). The Morgan fingerprint density at radius 2 is 1.66 bits per heavy atom. The molecule has 7 nitrogen and oxygen atoms in total. The molecular weight excluding hydrogens is 466 g/mol. The Morgan fingerprint density at radius 1 is 1.03 bits per heavy atom. The van der Waals surface area contributed by atoms with Crippen LogP contribution in [0.2, 0.25) is 0 Å². The average molecular weight is 500 g/mol. The molecule has 35 heavy (non-hydrogen) atoms. The first-order valence-electron chi connectivity index (χ1n) is 12.3. The van der Waals surface area contributed by atoms with E-state index in [0.717, 1.165) is 35.3 Å². The van der Waals surface area contributed by atoms with Gasteiger partial charge in [0.2, 0.25) is 5.91 Å². The number of methoxy groups -OCH3 is 1. The van der Waals surface area contributed by atoms with Gasteiger partial charge in [-0.05, 0) is 42.9 Å². The molecule has 0 saturated heterocycles. The summed E-state index contributed by atoms with van der Waals surface area (Å²) in [5.74, 6) is -1.10. The van der Waals surface area contributed by atoms with E-state index < -0.39 is 37.8 Å². The van der Waals surface area contributed by atoms with Crippen LogP contribution in [-0.4, -0.2) is 48.5 Å². The van der Waals surface area contributed by atoms with Crippen LogP contribution >= 0.6 is 0 Å². The van der Waals surface area contributed by atoms with Crippen LogP contribution < -0.4 is 10.1 Å². The number of sulfone groups is 1. The molecule has 0 bridgehead atoms. The number of rotatable bonds is 9. The molecule has 0 aromatic heterocycles. The minimum Gasteiger partial charge on any atom is -0.496 e. The second-order valence-corrected chi connectivity index (χ2v) is 12.2. The second kappa shape index (κ2) is 10.4. The van der Waals surface area contributed by atoms with Crippen LogP contribution in [0.1, 0.15) is 56.9 Å². The van der Waals surface area contributed by atoms with Gasteiger partial charge in [0.1, 0.15) is 11.8 Å². The molecule has 2 aromatic rings. The molecule has 188 valence electrons.